The summed E-state index contributed by atoms with van der Waals surface area (Å²) in [6.07, 6.45) is 1.75. The average molecular weight is 820 g/mol. The molecule has 5 atom stereocenters. The Bertz CT molecular complexity index is 2020. The SMILES string of the molecule is CCOC(=O)C(CC/C=C(\Br)[C@H]1O[C@@H](n2cnc3c(N(C(=O)c4ccccc4)C(=O)c4ccccc4)ncnc32)[C@@H]2OC(C)(C)O[C@@H]21)NC(=O)OC(C)(C)C. The number of carbonyl (C=O) groups is 4. The maximum Gasteiger partial charge on any atom is 0.408 e. The first-order chi connectivity index (χ1) is 26.2. The van der Waals surface area contributed by atoms with Crippen LogP contribution in [0.2, 0.25) is 0 Å². The molecular weight excluding hydrogens is 776 g/mol. The molecule has 0 bridgehead atoms. The number of aromatic nitrogens is 4. The largest absolute Gasteiger partial charge is 0.464 e. The van der Waals surface area contributed by atoms with Crippen LogP contribution in [0.4, 0.5) is 10.6 Å². The number of fused-ring (bicyclic) bond motifs is 2. The van der Waals surface area contributed by atoms with Crippen LogP contribution in [-0.4, -0.2) is 85.7 Å². The summed E-state index contributed by atoms with van der Waals surface area (Å²) >= 11 is 3.67. The Balaban J connectivity index is 1.29. The number of allylic oxidation sites excluding steroid dienone is 1. The molecule has 0 radical (unpaired) electrons. The van der Waals surface area contributed by atoms with Crippen LogP contribution < -0.4 is 10.2 Å². The fourth-order valence-electron chi connectivity index (χ4n) is 6.36. The van der Waals surface area contributed by atoms with E-state index in [1.165, 1.54) is 12.7 Å². The Hall–Kier alpha value is -5.03. The van der Waals surface area contributed by atoms with E-state index in [9.17, 15) is 19.2 Å². The number of imide groups is 1. The van der Waals surface area contributed by atoms with E-state index in [4.69, 9.17) is 23.7 Å². The van der Waals surface area contributed by atoms with Crippen molar-refractivity contribution in [2.45, 2.75) is 96.4 Å². The van der Waals surface area contributed by atoms with E-state index in [2.05, 4.69) is 36.2 Å². The molecular formula is C39H43BrN6O9. The van der Waals surface area contributed by atoms with E-state index in [1.54, 1.807) is 107 Å². The van der Waals surface area contributed by atoms with Crippen LogP contribution in [0.25, 0.3) is 11.2 Å². The highest BCUT2D eigenvalue weighted by Crippen LogP contribution is 2.47. The molecule has 1 N–H and O–H groups in total. The number of carbonyl (C=O) groups excluding carboxylic acids is 4. The molecule has 55 heavy (non-hydrogen) atoms. The molecule has 2 aromatic carbocycles. The van der Waals surface area contributed by atoms with Gasteiger partial charge in [0.05, 0.1) is 12.9 Å². The first kappa shape index (κ1) is 39.7. The molecule has 290 valence electrons. The number of rotatable bonds is 11. The van der Waals surface area contributed by atoms with Crippen molar-refractivity contribution in [2.75, 3.05) is 11.5 Å². The average Bonchev–Trinajstić information content (AvgIpc) is 3.82. The third-order valence-electron chi connectivity index (χ3n) is 8.63. The van der Waals surface area contributed by atoms with Crippen molar-refractivity contribution in [3.05, 3.63) is 95.0 Å². The van der Waals surface area contributed by atoms with E-state index in [-0.39, 0.29) is 35.5 Å². The molecule has 4 heterocycles. The predicted molar refractivity (Wildman–Crippen MR) is 203 cm³/mol. The van der Waals surface area contributed by atoms with Crippen LogP contribution in [0.1, 0.15) is 81.3 Å². The predicted octanol–water partition coefficient (Wildman–Crippen LogP) is 6.25. The Labute approximate surface area is 326 Å². The van der Waals surface area contributed by atoms with Gasteiger partial charge in [0.15, 0.2) is 29.0 Å². The van der Waals surface area contributed by atoms with E-state index in [1.807, 2.05) is 6.08 Å². The minimum atomic E-state index is -0.966. The van der Waals surface area contributed by atoms with Crippen molar-refractivity contribution >= 4 is 56.8 Å². The lowest BCUT2D eigenvalue weighted by Crippen LogP contribution is -2.44. The van der Waals surface area contributed by atoms with Crippen LogP contribution in [0.5, 0.6) is 0 Å². The van der Waals surface area contributed by atoms with Crippen LogP contribution in [-0.2, 0) is 28.5 Å². The molecule has 0 aliphatic carbocycles. The minimum absolute atomic E-state index is 0.00121. The van der Waals surface area contributed by atoms with Crippen molar-refractivity contribution in [3.63, 3.8) is 0 Å². The zero-order valence-electron chi connectivity index (χ0n) is 31.3. The van der Waals surface area contributed by atoms with Gasteiger partial charge in [-0.25, -0.2) is 29.4 Å². The van der Waals surface area contributed by atoms with Gasteiger partial charge in [0.2, 0.25) is 0 Å². The Kier molecular flexibility index (Phi) is 11.8. The quantitative estimate of drug-likeness (QED) is 0.133. The first-order valence-electron chi connectivity index (χ1n) is 17.9. The molecule has 1 unspecified atom stereocenters. The second-order valence-electron chi connectivity index (χ2n) is 14.3. The smallest absolute Gasteiger partial charge is 0.408 e. The second-order valence-corrected chi connectivity index (χ2v) is 15.2. The lowest BCUT2D eigenvalue weighted by molar-refractivity contribution is -0.191. The van der Waals surface area contributed by atoms with Gasteiger partial charge in [-0.1, -0.05) is 58.4 Å². The molecule has 2 fully saturated rings. The Morgan fingerprint density at radius 1 is 0.964 bits per heavy atom. The molecule has 2 aliphatic heterocycles. The molecule has 0 saturated carbocycles. The molecule has 0 spiro atoms. The van der Waals surface area contributed by atoms with Gasteiger partial charge in [-0.2, -0.15) is 0 Å². The third-order valence-corrected chi connectivity index (χ3v) is 9.41. The van der Waals surface area contributed by atoms with Crippen molar-refractivity contribution < 1.29 is 42.9 Å². The number of nitrogens with one attached hydrogen (secondary N) is 1. The van der Waals surface area contributed by atoms with Crippen LogP contribution >= 0.6 is 15.9 Å². The van der Waals surface area contributed by atoms with Gasteiger partial charge in [-0.3, -0.25) is 14.2 Å². The minimum Gasteiger partial charge on any atom is -0.464 e. The van der Waals surface area contributed by atoms with E-state index in [0.717, 1.165) is 4.90 Å². The van der Waals surface area contributed by atoms with Gasteiger partial charge in [0.1, 0.15) is 36.3 Å². The normalized spacial score (nSPS) is 21.1. The summed E-state index contributed by atoms with van der Waals surface area (Å²) in [6.45, 7) is 10.6. The number of halogens is 1. The summed E-state index contributed by atoms with van der Waals surface area (Å²) in [5, 5.41) is 2.61. The highest BCUT2D eigenvalue weighted by molar-refractivity contribution is 9.11. The maximum atomic E-state index is 14.0. The molecule has 3 amide bonds. The lowest BCUT2D eigenvalue weighted by Gasteiger charge is -2.25. The molecule has 4 aromatic rings. The molecule has 2 aliphatic rings. The van der Waals surface area contributed by atoms with Crippen molar-refractivity contribution in [2.24, 2.45) is 0 Å². The molecule has 16 heteroatoms. The summed E-state index contributed by atoms with van der Waals surface area (Å²) in [5.41, 5.74) is 0.304. The number of anilines is 1. The number of ether oxygens (including phenoxy) is 5. The Morgan fingerprint density at radius 2 is 1.58 bits per heavy atom. The van der Waals surface area contributed by atoms with Gasteiger partial charge in [-0.15, -0.1) is 0 Å². The lowest BCUT2D eigenvalue weighted by atomic mass is 10.1. The van der Waals surface area contributed by atoms with E-state index >= 15 is 0 Å². The number of esters is 1. The van der Waals surface area contributed by atoms with Crippen LogP contribution in [0.15, 0.2) is 83.9 Å². The zero-order chi connectivity index (χ0) is 39.5. The summed E-state index contributed by atoms with van der Waals surface area (Å²) in [7, 11) is 0. The number of hydrogen-bond donors (Lipinski definition) is 1. The number of alkyl carbamates (subject to hydrolysis) is 1. The summed E-state index contributed by atoms with van der Waals surface area (Å²) in [5.74, 6) is -2.72. The monoisotopic (exact) mass is 818 g/mol. The van der Waals surface area contributed by atoms with Crippen LogP contribution in [0.3, 0.4) is 0 Å². The van der Waals surface area contributed by atoms with Gasteiger partial charge >= 0.3 is 12.1 Å². The van der Waals surface area contributed by atoms with Crippen molar-refractivity contribution in [3.8, 4) is 0 Å². The number of hydrogen-bond acceptors (Lipinski definition) is 12. The number of imidazole rings is 1. The van der Waals surface area contributed by atoms with Crippen LogP contribution in [0, 0.1) is 0 Å². The second kappa shape index (κ2) is 16.4. The Morgan fingerprint density at radius 3 is 2.18 bits per heavy atom. The summed E-state index contributed by atoms with van der Waals surface area (Å²) < 4.78 is 32.1. The topological polar surface area (TPSA) is 173 Å². The van der Waals surface area contributed by atoms with Gasteiger partial charge in [-0.05, 0) is 78.6 Å². The zero-order valence-corrected chi connectivity index (χ0v) is 32.9. The van der Waals surface area contributed by atoms with Gasteiger partial charge < -0.3 is 29.0 Å². The highest BCUT2D eigenvalue weighted by Gasteiger charge is 2.57. The third kappa shape index (κ3) is 8.93. The maximum absolute atomic E-state index is 14.0. The molecule has 6 rings (SSSR count). The van der Waals surface area contributed by atoms with E-state index in [0.29, 0.717) is 16.6 Å². The van der Waals surface area contributed by atoms with E-state index < -0.39 is 65.8 Å². The summed E-state index contributed by atoms with van der Waals surface area (Å²) in [6, 6.07) is 15.9. The molecule has 2 aromatic heterocycles. The van der Waals surface area contributed by atoms with Crippen molar-refractivity contribution in [1.82, 2.24) is 24.8 Å². The molecule has 2 saturated heterocycles. The fourth-order valence-corrected chi connectivity index (χ4v) is 6.96. The number of benzene rings is 2. The molecule has 15 nitrogen and oxygen atoms in total. The number of nitrogens with zero attached hydrogens (tertiary/aromatic N) is 5. The van der Waals surface area contributed by atoms with Gasteiger partial charge in [0.25, 0.3) is 11.8 Å². The summed E-state index contributed by atoms with van der Waals surface area (Å²) in [4.78, 5) is 67.7. The van der Waals surface area contributed by atoms with Gasteiger partial charge in [0, 0.05) is 15.6 Å². The standard InChI is InChI=1S/C39H43BrN6O9/c1-7-51-36(49)26(44-37(50)55-38(2,3)4)20-14-19-25(40)28-29-30(54-39(5,6)53-29)35(52-28)45-22-43-27-31(45)41-21-42-32(27)46(33(47)23-15-10-8-11-16-23)34(48)24-17-12-9-13-18-24/h8-13,15-19,21-22,26,28-30,35H,7,14,20H2,1-6H3,(H,44,50)/b25-19-/t26?,28-,29-,30-,35-/m1/s1. The fraction of sp³-hybridized carbons (Fsp3) is 0.410. The highest BCUT2D eigenvalue weighted by atomic mass is 79.9. The number of amides is 3. The first-order valence-corrected chi connectivity index (χ1v) is 18.7. The van der Waals surface area contributed by atoms with Crippen molar-refractivity contribution in [1.29, 1.82) is 0 Å².